The normalized spacial score (nSPS) is 27.3. The van der Waals surface area contributed by atoms with Gasteiger partial charge in [0.1, 0.15) is 29.3 Å². The molecule has 5 atom stereocenters. The molecule has 2 aliphatic heterocycles. The molecule has 282 valence electrons. The number of aromatic nitrogens is 1. The number of pyridine rings is 1. The minimum atomic E-state index is -3.90. The van der Waals surface area contributed by atoms with E-state index in [0.717, 1.165) is 10.8 Å². The number of hydrogen-bond donors (Lipinski definition) is 3. The Kier molecular flexibility index (Phi) is 10.4. The van der Waals surface area contributed by atoms with E-state index in [0.29, 0.717) is 50.9 Å². The van der Waals surface area contributed by atoms with Gasteiger partial charge in [-0.25, -0.2) is 18.2 Å². The Morgan fingerprint density at radius 1 is 1.02 bits per heavy atom. The van der Waals surface area contributed by atoms with Gasteiger partial charge >= 0.3 is 6.09 Å². The molecule has 4 fully saturated rings. The number of ether oxygens (including phenoxy) is 2. The largest absolute Gasteiger partial charge is 0.472 e. The van der Waals surface area contributed by atoms with E-state index in [1.54, 1.807) is 27.0 Å². The van der Waals surface area contributed by atoms with Crippen LogP contribution in [0.5, 0.6) is 5.88 Å². The Morgan fingerprint density at radius 3 is 2.48 bits per heavy atom. The highest BCUT2D eigenvalue weighted by molar-refractivity contribution is 7.91. The summed E-state index contributed by atoms with van der Waals surface area (Å²) in [5, 5.41) is 6.51. The van der Waals surface area contributed by atoms with Crippen molar-refractivity contribution in [2.45, 2.75) is 114 Å². The van der Waals surface area contributed by atoms with Crippen molar-refractivity contribution in [3.8, 4) is 5.88 Å². The van der Waals surface area contributed by atoms with Crippen molar-refractivity contribution in [3.05, 3.63) is 36.5 Å². The Hall–Kier alpha value is -4.47. The average molecular weight is 741 g/mol. The Balaban J connectivity index is 1.34. The second kappa shape index (κ2) is 14.5. The van der Waals surface area contributed by atoms with Crippen molar-refractivity contribution in [3.63, 3.8) is 0 Å². The number of benzene rings is 1. The number of carbonyl (C=O) groups is 5. The van der Waals surface area contributed by atoms with Crippen molar-refractivity contribution >= 4 is 50.5 Å². The lowest BCUT2D eigenvalue weighted by Gasteiger charge is -2.32. The lowest BCUT2D eigenvalue weighted by Crippen LogP contribution is -2.60. The first kappa shape index (κ1) is 37.3. The number of alkyl carbamates (subject to hydrolysis) is 1. The van der Waals surface area contributed by atoms with E-state index in [1.807, 2.05) is 30.3 Å². The quantitative estimate of drug-likeness (QED) is 0.396. The molecule has 3 N–H and O–H groups in total. The summed E-state index contributed by atoms with van der Waals surface area (Å²) in [6.07, 6.45) is 3.68. The third kappa shape index (κ3) is 8.42. The first-order valence-electron chi connectivity index (χ1n) is 18.0. The first-order valence-corrected chi connectivity index (χ1v) is 19.5. The molecule has 0 bridgehead atoms. The van der Waals surface area contributed by atoms with Crippen LogP contribution in [0.3, 0.4) is 0 Å². The van der Waals surface area contributed by atoms with Crippen molar-refractivity contribution < 1.29 is 41.9 Å². The van der Waals surface area contributed by atoms with Gasteiger partial charge < -0.3 is 29.9 Å². The summed E-state index contributed by atoms with van der Waals surface area (Å²) in [5.74, 6) is -2.38. The smallest absolute Gasteiger partial charge is 0.408 e. The van der Waals surface area contributed by atoms with Crippen LogP contribution in [0.25, 0.3) is 10.8 Å². The van der Waals surface area contributed by atoms with Gasteiger partial charge in [0.25, 0.3) is 5.91 Å². The summed E-state index contributed by atoms with van der Waals surface area (Å²) >= 11 is 0. The fourth-order valence-electron chi connectivity index (χ4n) is 7.17. The second-order valence-corrected chi connectivity index (χ2v) is 17.3. The molecule has 0 radical (unpaired) electrons. The molecule has 2 aromatic rings. The lowest BCUT2D eigenvalue weighted by atomic mass is 10.1. The molecule has 2 aliphatic carbocycles. The van der Waals surface area contributed by atoms with Gasteiger partial charge in [0, 0.05) is 31.5 Å². The van der Waals surface area contributed by atoms with Gasteiger partial charge in [0.05, 0.1) is 18.3 Å². The molecule has 2 saturated heterocycles. The fraction of sp³-hybridized carbons (Fsp3) is 0.611. The predicted octanol–water partition coefficient (Wildman–Crippen LogP) is 2.38. The zero-order valence-electron chi connectivity index (χ0n) is 30.1. The summed E-state index contributed by atoms with van der Waals surface area (Å²) in [6, 6.07) is 6.88. The zero-order chi connectivity index (χ0) is 37.4. The van der Waals surface area contributed by atoms with Crippen LogP contribution < -0.4 is 20.1 Å². The summed E-state index contributed by atoms with van der Waals surface area (Å²) in [4.78, 5) is 75.8. The standard InChI is InChI=1S/C36H48N6O9S/c1-22(43)41-17-9-5-6-11-24-19-36(24,33(46)40-52(48,49)26-13-14-26)39-30(44)29-18-25(50-31-27-12-8-7-10-23(27)15-16-37-31)20-42(29)32(45)28(21-41)38-34(47)51-35(2,3)4/h7-8,10,12,15-16,24-26,28-29H,5-6,9,11,13-14,17-21H2,1-4H3,(H,38,47)(H,39,44)(H,40,46)/t24-,25-,28+,29+,36-/m1/s1. The lowest BCUT2D eigenvalue weighted by molar-refractivity contribution is -0.142. The van der Waals surface area contributed by atoms with Crippen LogP contribution in [-0.4, -0.2) is 107 Å². The number of sulfonamides is 1. The van der Waals surface area contributed by atoms with E-state index in [4.69, 9.17) is 9.47 Å². The average Bonchev–Trinajstić information content (AvgIpc) is 3.99. The highest BCUT2D eigenvalue weighted by atomic mass is 32.2. The fourth-order valence-corrected chi connectivity index (χ4v) is 8.54. The zero-order valence-corrected chi connectivity index (χ0v) is 30.9. The number of nitrogens with one attached hydrogen (secondary N) is 3. The van der Waals surface area contributed by atoms with Gasteiger partial charge in [-0.1, -0.05) is 31.0 Å². The van der Waals surface area contributed by atoms with Crippen LogP contribution >= 0.6 is 0 Å². The molecule has 6 rings (SSSR count). The van der Waals surface area contributed by atoms with Gasteiger partial charge in [-0.3, -0.25) is 23.9 Å². The highest BCUT2D eigenvalue weighted by Gasteiger charge is 2.62. The third-order valence-corrected chi connectivity index (χ3v) is 12.0. The van der Waals surface area contributed by atoms with Crippen LogP contribution in [0.15, 0.2) is 36.5 Å². The molecule has 5 amide bonds. The molecule has 16 heteroatoms. The SMILES string of the molecule is CC(=O)N1CCCCC[C@@H]2C[C@@]2(C(=O)NS(=O)(=O)C2CC2)NC(=O)[C@@H]2C[C@@H](Oc3nccc4ccccc34)CN2C(=O)[C@@H](NC(=O)OC(C)(C)C)C1. The molecular weight excluding hydrogens is 692 g/mol. The molecule has 0 spiro atoms. The second-order valence-electron chi connectivity index (χ2n) is 15.4. The van der Waals surface area contributed by atoms with Gasteiger partial charge in [-0.05, 0) is 76.3 Å². The van der Waals surface area contributed by atoms with Crippen LogP contribution in [0.2, 0.25) is 0 Å². The molecule has 15 nitrogen and oxygen atoms in total. The maximum Gasteiger partial charge on any atom is 0.408 e. The number of rotatable bonds is 6. The van der Waals surface area contributed by atoms with Gasteiger partial charge in [-0.15, -0.1) is 0 Å². The molecule has 2 saturated carbocycles. The van der Waals surface area contributed by atoms with Crippen LogP contribution in [0.4, 0.5) is 4.79 Å². The van der Waals surface area contributed by atoms with Crippen molar-refractivity contribution in [2.24, 2.45) is 5.92 Å². The molecule has 52 heavy (non-hydrogen) atoms. The summed E-state index contributed by atoms with van der Waals surface area (Å²) < 4.78 is 39.7. The van der Waals surface area contributed by atoms with Crippen molar-refractivity contribution in [1.29, 1.82) is 0 Å². The Morgan fingerprint density at radius 2 is 1.77 bits per heavy atom. The topological polar surface area (TPSA) is 193 Å². The first-order chi connectivity index (χ1) is 24.6. The minimum absolute atomic E-state index is 0.0147. The highest BCUT2D eigenvalue weighted by Crippen LogP contribution is 2.48. The van der Waals surface area contributed by atoms with Crippen molar-refractivity contribution in [2.75, 3.05) is 19.6 Å². The monoisotopic (exact) mass is 740 g/mol. The predicted molar refractivity (Wildman–Crippen MR) is 189 cm³/mol. The molecule has 4 aliphatic rings. The maximum atomic E-state index is 14.6. The molecule has 3 heterocycles. The minimum Gasteiger partial charge on any atom is -0.472 e. The molecular formula is C36H48N6O9S. The van der Waals surface area contributed by atoms with E-state index < -0.39 is 68.4 Å². The Labute approximate surface area is 303 Å². The summed E-state index contributed by atoms with van der Waals surface area (Å²) in [5.41, 5.74) is -2.35. The van der Waals surface area contributed by atoms with Crippen molar-refractivity contribution in [1.82, 2.24) is 30.1 Å². The van der Waals surface area contributed by atoms with E-state index in [1.165, 1.54) is 16.7 Å². The molecule has 1 aromatic carbocycles. The summed E-state index contributed by atoms with van der Waals surface area (Å²) in [7, 11) is -3.90. The number of fused-ring (bicyclic) bond motifs is 3. The van der Waals surface area contributed by atoms with Gasteiger partial charge in [-0.2, -0.15) is 0 Å². The number of carbonyl (C=O) groups excluding carboxylic acids is 5. The Bertz CT molecular complexity index is 1840. The van der Waals surface area contributed by atoms with Crippen LogP contribution in [0.1, 0.15) is 79.1 Å². The molecule has 1 aromatic heterocycles. The number of nitrogens with zero attached hydrogens (tertiary/aromatic N) is 3. The summed E-state index contributed by atoms with van der Waals surface area (Å²) in [6.45, 7) is 6.51. The third-order valence-electron chi connectivity index (χ3n) is 10.1. The number of hydrogen-bond acceptors (Lipinski definition) is 10. The number of amides is 5. The van der Waals surface area contributed by atoms with Crippen LogP contribution in [-0.2, 0) is 33.9 Å². The van der Waals surface area contributed by atoms with E-state index in [9.17, 15) is 32.4 Å². The van der Waals surface area contributed by atoms with Crippen LogP contribution in [0, 0.1) is 5.92 Å². The van der Waals surface area contributed by atoms with Gasteiger partial charge in [0.15, 0.2) is 0 Å². The molecule has 0 unspecified atom stereocenters. The van der Waals surface area contributed by atoms with E-state index >= 15 is 0 Å². The van der Waals surface area contributed by atoms with E-state index in [-0.39, 0.29) is 37.8 Å². The van der Waals surface area contributed by atoms with Gasteiger partial charge in [0.2, 0.25) is 33.6 Å². The maximum absolute atomic E-state index is 14.6. The van der Waals surface area contributed by atoms with E-state index in [2.05, 4.69) is 20.3 Å².